The summed E-state index contributed by atoms with van der Waals surface area (Å²) in [7, 11) is 0. The Morgan fingerprint density at radius 2 is 1.62 bits per heavy atom. The minimum absolute atomic E-state index is 0.0993. The maximum absolute atomic E-state index is 13.6. The third-order valence-corrected chi connectivity index (χ3v) is 4.56. The van der Waals surface area contributed by atoms with Crippen LogP contribution in [0.15, 0.2) is 76.2 Å². The first-order chi connectivity index (χ1) is 12.6. The van der Waals surface area contributed by atoms with Crippen LogP contribution >= 0.6 is 11.8 Å². The molecule has 5 nitrogen and oxygen atoms in total. The van der Waals surface area contributed by atoms with Gasteiger partial charge in [0.1, 0.15) is 5.82 Å². The van der Waals surface area contributed by atoms with E-state index in [1.54, 1.807) is 17.8 Å². The van der Waals surface area contributed by atoms with E-state index in [0.29, 0.717) is 11.3 Å². The summed E-state index contributed by atoms with van der Waals surface area (Å²) in [4.78, 5) is 25.2. The lowest BCUT2D eigenvalue weighted by Gasteiger charge is -2.08. The van der Waals surface area contributed by atoms with Gasteiger partial charge in [-0.05, 0) is 30.3 Å². The number of benzene rings is 2. The number of hydrogen-bond acceptors (Lipinski definition) is 4. The van der Waals surface area contributed by atoms with E-state index < -0.39 is 17.6 Å². The van der Waals surface area contributed by atoms with Crippen molar-refractivity contribution >= 4 is 23.6 Å². The molecule has 2 N–H and O–H groups in total. The quantitative estimate of drug-likeness (QED) is 0.530. The summed E-state index contributed by atoms with van der Waals surface area (Å²) in [6, 6.07) is 16.9. The number of carbonyl (C=O) groups excluding carboxylic acids is 2. The van der Waals surface area contributed by atoms with Crippen LogP contribution in [-0.4, -0.2) is 11.8 Å². The van der Waals surface area contributed by atoms with Crippen molar-refractivity contribution in [2.24, 2.45) is 0 Å². The lowest BCUT2D eigenvalue weighted by atomic mass is 10.2. The molecule has 0 aliphatic heterocycles. The van der Waals surface area contributed by atoms with Crippen molar-refractivity contribution in [3.05, 3.63) is 89.6 Å². The number of amides is 2. The Labute approximate surface area is 153 Å². The molecule has 1 aromatic heterocycles. The highest BCUT2D eigenvalue weighted by Gasteiger charge is 2.17. The van der Waals surface area contributed by atoms with E-state index in [4.69, 9.17) is 4.42 Å². The molecule has 0 atom stereocenters. The monoisotopic (exact) mass is 370 g/mol. The molecule has 0 spiro atoms. The average Bonchev–Trinajstić information content (AvgIpc) is 3.14. The SMILES string of the molecule is O=C(NNC(=O)c1occc1CSc1ccccc1)c1ccccc1F. The molecule has 2 amide bonds. The van der Waals surface area contributed by atoms with Gasteiger partial charge in [0, 0.05) is 16.2 Å². The number of thioether (sulfide) groups is 1. The highest BCUT2D eigenvalue weighted by Crippen LogP contribution is 2.24. The van der Waals surface area contributed by atoms with Gasteiger partial charge < -0.3 is 4.42 Å². The molecule has 1 heterocycles. The second-order valence-electron chi connectivity index (χ2n) is 5.26. The van der Waals surface area contributed by atoms with Gasteiger partial charge in [-0.3, -0.25) is 20.4 Å². The molecule has 2 aromatic carbocycles. The van der Waals surface area contributed by atoms with Gasteiger partial charge in [-0.15, -0.1) is 11.8 Å². The van der Waals surface area contributed by atoms with Gasteiger partial charge in [0.2, 0.25) is 0 Å². The lowest BCUT2D eigenvalue weighted by Crippen LogP contribution is -2.42. The number of carbonyl (C=O) groups is 2. The van der Waals surface area contributed by atoms with Crippen LogP contribution in [0.5, 0.6) is 0 Å². The highest BCUT2D eigenvalue weighted by atomic mass is 32.2. The molecule has 0 fully saturated rings. The first-order valence-corrected chi connectivity index (χ1v) is 8.73. The minimum Gasteiger partial charge on any atom is -0.459 e. The number of rotatable bonds is 5. The van der Waals surface area contributed by atoms with Gasteiger partial charge in [0.05, 0.1) is 11.8 Å². The smallest absolute Gasteiger partial charge is 0.305 e. The maximum atomic E-state index is 13.6. The van der Waals surface area contributed by atoms with Crippen LogP contribution in [0.2, 0.25) is 0 Å². The molecule has 0 saturated heterocycles. The highest BCUT2D eigenvalue weighted by molar-refractivity contribution is 7.98. The van der Waals surface area contributed by atoms with Crippen LogP contribution in [0.1, 0.15) is 26.5 Å². The van der Waals surface area contributed by atoms with Crippen molar-refractivity contribution in [3.8, 4) is 0 Å². The molecule has 3 aromatic rings. The van der Waals surface area contributed by atoms with Gasteiger partial charge >= 0.3 is 5.91 Å². The fraction of sp³-hybridized carbons (Fsp3) is 0.0526. The van der Waals surface area contributed by atoms with Gasteiger partial charge in [-0.25, -0.2) is 4.39 Å². The number of hydrogen-bond donors (Lipinski definition) is 2. The van der Waals surface area contributed by atoms with Crippen molar-refractivity contribution < 1.29 is 18.4 Å². The van der Waals surface area contributed by atoms with Crippen LogP contribution in [-0.2, 0) is 5.75 Å². The molecule has 7 heteroatoms. The number of hydrazine groups is 1. The Morgan fingerprint density at radius 1 is 0.923 bits per heavy atom. The Morgan fingerprint density at radius 3 is 2.38 bits per heavy atom. The summed E-state index contributed by atoms with van der Waals surface area (Å²) < 4.78 is 18.8. The van der Waals surface area contributed by atoms with Crippen molar-refractivity contribution in [2.75, 3.05) is 0 Å². The van der Waals surface area contributed by atoms with E-state index in [1.165, 1.54) is 30.5 Å². The molecule has 0 radical (unpaired) electrons. The Balaban J connectivity index is 1.59. The summed E-state index contributed by atoms with van der Waals surface area (Å²) in [5, 5.41) is 0. The average molecular weight is 370 g/mol. The van der Waals surface area contributed by atoms with Crippen LogP contribution < -0.4 is 10.9 Å². The standard InChI is InChI=1S/C19H15FN2O3S/c20-16-9-5-4-8-15(16)18(23)21-22-19(24)17-13(10-11-25-17)12-26-14-6-2-1-3-7-14/h1-11H,12H2,(H,21,23)(H,22,24). The largest absolute Gasteiger partial charge is 0.459 e. The van der Waals surface area contributed by atoms with E-state index in [9.17, 15) is 14.0 Å². The van der Waals surface area contributed by atoms with Gasteiger partial charge in [-0.2, -0.15) is 0 Å². The van der Waals surface area contributed by atoms with Crippen LogP contribution in [0, 0.1) is 5.82 Å². The van der Waals surface area contributed by atoms with Crippen molar-refractivity contribution in [1.29, 1.82) is 0 Å². The number of furan rings is 1. The second-order valence-corrected chi connectivity index (χ2v) is 6.31. The predicted octanol–water partition coefficient (Wildman–Crippen LogP) is 3.79. The van der Waals surface area contributed by atoms with E-state index in [0.717, 1.165) is 4.90 Å². The lowest BCUT2D eigenvalue weighted by molar-refractivity contribution is 0.0828. The van der Waals surface area contributed by atoms with Crippen molar-refractivity contribution in [1.82, 2.24) is 10.9 Å². The van der Waals surface area contributed by atoms with E-state index in [1.807, 2.05) is 30.3 Å². The molecule has 132 valence electrons. The molecule has 0 aliphatic carbocycles. The van der Waals surface area contributed by atoms with Crippen LogP contribution in [0.3, 0.4) is 0 Å². The van der Waals surface area contributed by atoms with Crippen molar-refractivity contribution in [3.63, 3.8) is 0 Å². The zero-order valence-corrected chi connectivity index (χ0v) is 14.4. The van der Waals surface area contributed by atoms with Gasteiger partial charge in [0.25, 0.3) is 5.91 Å². The maximum Gasteiger partial charge on any atom is 0.305 e. The van der Waals surface area contributed by atoms with E-state index in [-0.39, 0.29) is 11.3 Å². The Hall–Kier alpha value is -3.06. The minimum atomic E-state index is -0.747. The fourth-order valence-electron chi connectivity index (χ4n) is 2.21. The molecule has 3 rings (SSSR count). The second kappa shape index (κ2) is 8.35. The molecule has 0 unspecified atom stereocenters. The normalized spacial score (nSPS) is 10.3. The Kier molecular flexibility index (Phi) is 5.70. The van der Waals surface area contributed by atoms with Gasteiger partial charge in [-0.1, -0.05) is 30.3 Å². The molecule has 0 bridgehead atoms. The van der Waals surface area contributed by atoms with E-state index >= 15 is 0 Å². The summed E-state index contributed by atoms with van der Waals surface area (Å²) in [6.07, 6.45) is 1.41. The topological polar surface area (TPSA) is 71.3 Å². The Bertz CT molecular complexity index is 912. The molecule has 26 heavy (non-hydrogen) atoms. The number of halogens is 1. The summed E-state index contributed by atoms with van der Waals surface area (Å²) in [5.74, 6) is -1.39. The molecule has 0 saturated carbocycles. The summed E-state index contributed by atoms with van der Waals surface area (Å²) in [6.45, 7) is 0. The third-order valence-electron chi connectivity index (χ3n) is 3.50. The van der Waals surface area contributed by atoms with Crippen LogP contribution in [0.25, 0.3) is 0 Å². The number of nitrogens with one attached hydrogen (secondary N) is 2. The first-order valence-electron chi connectivity index (χ1n) is 7.74. The zero-order chi connectivity index (χ0) is 18.4. The summed E-state index contributed by atoms with van der Waals surface area (Å²) in [5.41, 5.74) is 4.96. The van der Waals surface area contributed by atoms with Gasteiger partial charge in [0.15, 0.2) is 5.76 Å². The zero-order valence-electron chi connectivity index (χ0n) is 13.6. The fourth-order valence-corrected chi connectivity index (χ4v) is 3.11. The summed E-state index contributed by atoms with van der Waals surface area (Å²) >= 11 is 1.56. The van der Waals surface area contributed by atoms with E-state index in [2.05, 4.69) is 10.9 Å². The molecular weight excluding hydrogens is 355 g/mol. The van der Waals surface area contributed by atoms with Crippen molar-refractivity contribution in [2.45, 2.75) is 10.6 Å². The third kappa shape index (κ3) is 4.31. The molecular formula is C19H15FN2O3S. The molecule has 0 aliphatic rings. The van der Waals surface area contributed by atoms with Crippen LogP contribution in [0.4, 0.5) is 4.39 Å². The first kappa shape index (κ1) is 17.8. The predicted molar refractivity (Wildman–Crippen MR) is 96.0 cm³/mol.